The number of carbonyl (C=O) groups is 1. The van der Waals surface area contributed by atoms with Gasteiger partial charge in [0.05, 0.1) is 16.8 Å². The molecule has 0 saturated carbocycles. The molecule has 0 unspecified atom stereocenters. The van der Waals surface area contributed by atoms with Crippen LogP contribution in [-0.4, -0.2) is 20.9 Å². The molecule has 3 heterocycles. The molecule has 180 valence electrons. The molecule has 0 bridgehead atoms. The number of anilines is 5. The number of aromatic nitrogens is 3. The maximum atomic E-state index is 13.7. The summed E-state index contributed by atoms with van der Waals surface area (Å²) in [5, 5.41) is 9.93. The Morgan fingerprint density at radius 3 is 2.19 bits per heavy atom. The van der Waals surface area contributed by atoms with Crippen LogP contribution in [0.3, 0.4) is 0 Å². The Balaban J connectivity index is 0.00000148. The van der Waals surface area contributed by atoms with E-state index < -0.39 is 0 Å². The second-order valence-corrected chi connectivity index (χ2v) is 7.47. The fraction of sp³-hybridized carbons (Fsp3) is 0.0714. The number of halogens is 1. The zero-order valence-electron chi connectivity index (χ0n) is 19.9. The molecule has 3 N–H and O–H groups in total. The van der Waals surface area contributed by atoms with Gasteiger partial charge in [-0.25, -0.2) is 9.37 Å². The topological polar surface area (TPSA) is 91.8 Å². The van der Waals surface area contributed by atoms with Gasteiger partial charge < -0.3 is 16.0 Å². The van der Waals surface area contributed by atoms with E-state index in [9.17, 15) is 9.18 Å². The number of nitrogens with zero attached hydrogens (tertiary/aromatic N) is 3. The first kappa shape index (κ1) is 24.3. The number of benzene rings is 2. The molecule has 0 aliphatic carbocycles. The van der Waals surface area contributed by atoms with Crippen molar-refractivity contribution in [2.24, 2.45) is 0 Å². The van der Waals surface area contributed by atoms with Crippen LogP contribution in [0.25, 0.3) is 10.9 Å². The van der Waals surface area contributed by atoms with Gasteiger partial charge in [-0.15, -0.1) is 0 Å². The smallest absolute Gasteiger partial charge is 0.257 e. The standard InChI is InChI=1S/C26H19FN6O.C2H6/c27-18-2-7-23-22(15-18)24(11-14-29-23)33-25-8-1-17(16-30-25)26(34)32-20-5-3-19(4-6-20)31-21-9-12-28-13-10-21;1-2/h1-16H,(H,28,31)(H,32,34)(H,29,30,33);1-2H3. The van der Waals surface area contributed by atoms with Crippen LogP contribution in [0.4, 0.5) is 33.0 Å². The van der Waals surface area contributed by atoms with Crippen LogP contribution >= 0.6 is 0 Å². The molecule has 0 radical (unpaired) electrons. The van der Waals surface area contributed by atoms with Crippen LogP contribution in [0, 0.1) is 5.82 Å². The summed E-state index contributed by atoms with van der Waals surface area (Å²) in [7, 11) is 0. The summed E-state index contributed by atoms with van der Waals surface area (Å²) >= 11 is 0. The predicted molar refractivity (Wildman–Crippen MR) is 142 cm³/mol. The van der Waals surface area contributed by atoms with E-state index in [1.165, 1.54) is 18.3 Å². The minimum Gasteiger partial charge on any atom is -0.355 e. The molecule has 5 rings (SSSR count). The molecular formula is C28H25FN6O. The largest absolute Gasteiger partial charge is 0.355 e. The van der Waals surface area contributed by atoms with Crippen molar-refractivity contribution < 1.29 is 9.18 Å². The van der Waals surface area contributed by atoms with Gasteiger partial charge in [0.15, 0.2) is 0 Å². The van der Waals surface area contributed by atoms with Gasteiger partial charge in [-0.05, 0) is 72.8 Å². The van der Waals surface area contributed by atoms with E-state index in [-0.39, 0.29) is 11.7 Å². The molecular weight excluding hydrogens is 455 g/mol. The summed E-state index contributed by atoms with van der Waals surface area (Å²) in [5.74, 6) is -0.0881. The van der Waals surface area contributed by atoms with Crippen LogP contribution < -0.4 is 16.0 Å². The summed E-state index contributed by atoms with van der Waals surface area (Å²) in [6, 6.07) is 20.7. The van der Waals surface area contributed by atoms with E-state index in [2.05, 4.69) is 30.9 Å². The molecule has 1 amide bonds. The summed E-state index contributed by atoms with van der Waals surface area (Å²) in [6.07, 6.45) is 6.55. The molecule has 2 aromatic carbocycles. The molecule has 0 aliphatic rings. The number of hydrogen-bond donors (Lipinski definition) is 3. The Morgan fingerprint density at radius 2 is 1.47 bits per heavy atom. The van der Waals surface area contributed by atoms with Crippen molar-refractivity contribution in [2.45, 2.75) is 13.8 Å². The zero-order valence-corrected chi connectivity index (χ0v) is 19.9. The maximum absolute atomic E-state index is 13.7. The van der Waals surface area contributed by atoms with Crippen LogP contribution in [0.15, 0.2) is 97.6 Å². The maximum Gasteiger partial charge on any atom is 0.257 e. The van der Waals surface area contributed by atoms with E-state index in [0.717, 1.165) is 11.4 Å². The Labute approximate surface area is 208 Å². The highest BCUT2D eigenvalue weighted by molar-refractivity contribution is 6.04. The number of fused-ring (bicyclic) bond motifs is 1. The number of amides is 1. The second-order valence-electron chi connectivity index (χ2n) is 7.47. The predicted octanol–water partition coefficient (Wildman–Crippen LogP) is 6.93. The summed E-state index contributed by atoms with van der Waals surface area (Å²) in [4.78, 5) is 25.2. The van der Waals surface area contributed by atoms with Gasteiger partial charge in [0.1, 0.15) is 11.6 Å². The molecule has 36 heavy (non-hydrogen) atoms. The first-order valence-electron chi connectivity index (χ1n) is 11.5. The highest BCUT2D eigenvalue weighted by Gasteiger charge is 2.09. The monoisotopic (exact) mass is 480 g/mol. The fourth-order valence-electron chi connectivity index (χ4n) is 3.41. The third kappa shape index (κ3) is 5.98. The van der Waals surface area contributed by atoms with Gasteiger partial charge in [-0.3, -0.25) is 14.8 Å². The van der Waals surface area contributed by atoms with Gasteiger partial charge in [-0.1, -0.05) is 13.8 Å². The third-order valence-electron chi connectivity index (χ3n) is 5.10. The average Bonchev–Trinajstić information content (AvgIpc) is 2.92. The molecule has 0 spiro atoms. The lowest BCUT2D eigenvalue weighted by molar-refractivity contribution is 0.102. The lowest BCUT2D eigenvalue weighted by atomic mass is 10.2. The van der Waals surface area contributed by atoms with Gasteiger partial charge in [0.25, 0.3) is 5.91 Å². The van der Waals surface area contributed by atoms with E-state index in [1.807, 2.05) is 50.2 Å². The van der Waals surface area contributed by atoms with E-state index >= 15 is 0 Å². The summed E-state index contributed by atoms with van der Waals surface area (Å²) in [5.41, 5.74) is 4.24. The Morgan fingerprint density at radius 1 is 0.750 bits per heavy atom. The first-order chi connectivity index (χ1) is 17.6. The van der Waals surface area contributed by atoms with E-state index in [1.54, 1.807) is 42.9 Å². The molecule has 0 atom stereocenters. The first-order valence-corrected chi connectivity index (χ1v) is 11.5. The fourth-order valence-corrected chi connectivity index (χ4v) is 3.41. The normalized spacial score (nSPS) is 10.2. The number of rotatable bonds is 6. The van der Waals surface area contributed by atoms with Gasteiger partial charge in [0.2, 0.25) is 0 Å². The van der Waals surface area contributed by atoms with Crippen molar-refractivity contribution in [2.75, 3.05) is 16.0 Å². The van der Waals surface area contributed by atoms with Crippen LogP contribution in [-0.2, 0) is 0 Å². The minimum absolute atomic E-state index is 0.273. The molecule has 0 aliphatic heterocycles. The van der Waals surface area contributed by atoms with E-state index in [4.69, 9.17) is 0 Å². The van der Waals surface area contributed by atoms with Crippen molar-refractivity contribution in [3.05, 3.63) is 109 Å². The van der Waals surface area contributed by atoms with Crippen molar-refractivity contribution in [3.8, 4) is 0 Å². The zero-order chi connectivity index (χ0) is 25.3. The Kier molecular flexibility index (Phi) is 7.77. The number of nitrogens with one attached hydrogen (secondary N) is 3. The molecule has 7 nitrogen and oxygen atoms in total. The van der Waals surface area contributed by atoms with Crippen molar-refractivity contribution >= 4 is 45.4 Å². The average molecular weight is 481 g/mol. The van der Waals surface area contributed by atoms with Gasteiger partial charge in [-0.2, -0.15) is 0 Å². The number of hydrogen-bond acceptors (Lipinski definition) is 6. The summed E-state index contributed by atoms with van der Waals surface area (Å²) < 4.78 is 13.7. The van der Waals surface area contributed by atoms with Crippen LogP contribution in [0.1, 0.15) is 24.2 Å². The third-order valence-corrected chi connectivity index (χ3v) is 5.10. The second kappa shape index (κ2) is 11.5. The van der Waals surface area contributed by atoms with Crippen molar-refractivity contribution in [1.82, 2.24) is 15.0 Å². The van der Waals surface area contributed by atoms with Crippen LogP contribution in [0.2, 0.25) is 0 Å². The molecule has 8 heteroatoms. The van der Waals surface area contributed by atoms with E-state index in [0.29, 0.717) is 33.7 Å². The van der Waals surface area contributed by atoms with Crippen LogP contribution in [0.5, 0.6) is 0 Å². The van der Waals surface area contributed by atoms with Crippen molar-refractivity contribution in [1.29, 1.82) is 0 Å². The lowest BCUT2D eigenvalue weighted by Crippen LogP contribution is -2.12. The summed E-state index contributed by atoms with van der Waals surface area (Å²) in [6.45, 7) is 4.00. The molecule has 0 saturated heterocycles. The number of pyridine rings is 3. The molecule has 3 aromatic heterocycles. The molecule has 5 aromatic rings. The highest BCUT2D eigenvalue weighted by Crippen LogP contribution is 2.25. The minimum atomic E-state index is -0.343. The number of carbonyl (C=O) groups excluding carboxylic acids is 1. The SMILES string of the molecule is CC.O=C(Nc1ccc(Nc2ccncc2)cc1)c1ccc(Nc2ccnc3ccc(F)cc23)nc1. The van der Waals surface area contributed by atoms with Gasteiger partial charge in [0, 0.05) is 47.2 Å². The van der Waals surface area contributed by atoms with Gasteiger partial charge >= 0.3 is 0 Å². The molecule has 0 fully saturated rings. The lowest BCUT2D eigenvalue weighted by Gasteiger charge is -2.10. The Hall–Kier alpha value is -4.85. The highest BCUT2D eigenvalue weighted by atomic mass is 19.1. The van der Waals surface area contributed by atoms with Crippen molar-refractivity contribution in [3.63, 3.8) is 0 Å². The Bertz CT molecular complexity index is 1440. The quantitative estimate of drug-likeness (QED) is 0.244.